The zero-order valence-electron chi connectivity index (χ0n) is 56.2. The number of aromatic amines is 1. The predicted molar refractivity (Wildman–Crippen MR) is 368 cm³/mol. The summed E-state index contributed by atoms with van der Waals surface area (Å²) in [4.78, 5) is 148. The quantitative estimate of drug-likeness (QED) is 0.0157. The van der Waals surface area contributed by atoms with E-state index in [4.69, 9.17) is 30.8 Å². The van der Waals surface area contributed by atoms with Gasteiger partial charge in [-0.1, -0.05) is 135 Å². The van der Waals surface area contributed by atoms with Crippen molar-refractivity contribution in [2.45, 2.75) is 134 Å². The topological polar surface area (TPSA) is 421 Å². The molecule has 0 saturated carbocycles. The molecule has 5 aromatic carbocycles. The van der Waals surface area contributed by atoms with Gasteiger partial charge in [0.15, 0.2) is 5.96 Å². The summed E-state index contributed by atoms with van der Waals surface area (Å²) >= 11 is 0. The molecule has 0 spiro atoms. The number of carboxylic acid groups (broad SMARTS) is 1. The molecule has 6 aromatic rings. The number of amides is 9. The number of aliphatic hydroxyl groups is 1. The number of aliphatic imine (C=N–C) groups is 1. The van der Waals surface area contributed by atoms with Crippen molar-refractivity contribution in [2.75, 3.05) is 40.4 Å². The number of nitrogens with zero attached hydrogens (tertiary/aromatic N) is 3. The van der Waals surface area contributed by atoms with Gasteiger partial charge in [0.05, 0.1) is 19.8 Å². The average Bonchev–Trinajstić information content (AvgIpc) is 1.79. The second-order valence-electron chi connectivity index (χ2n) is 24.5. The Balaban J connectivity index is 0.00000376. The molecule has 2 heterocycles. The number of carboxylic acids is 1. The van der Waals surface area contributed by atoms with Crippen molar-refractivity contribution in [2.24, 2.45) is 22.4 Å². The lowest BCUT2D eigenvalue weighted by molar-refractivity contribution is -0.144. The first-order chi connectivity index (χ1) is 47.4. The van der Waals surface area contributed by atoms with Crippen molar-refractivity contribution < 1.29 is 72.7 Å². The lowest BCUT2D eigenvalue weighted by Gasteiger charge is -2.31. The van der Waals surface area contributed by atoms with Gasteiger partial charge in [-0.2, -0.15) is 0 Å². The van der Waals surface area contributed by atoms with Gasteiger partial charge in [0.1, 0.15) is 60.7 Å². The van der Waals surface area contributed by atoms with Crippen LogP contribution in [0, 0.1) is 5.92 Å². The maximum atomic E-state index is 15.0. The number of rotatable bonds is 34. The number of aromatic hydroxyl groups is 1. The Bertz CT molecular complexity index is 3660. The Hall–Kier alpha value is -10.9. The number of hydrogen-bond acceptors (Lipinski definition) is 15. The molecule has 15 N–H and O–H groups in total. The molecule has 1 saturated heterocycles. The summed E-state index contributed by atoms with van der Waals surface area (Å²) in [6.45, 7) is 3.71. The normalized spacial score (nSPS) is 14.6. The first-order valence-corrected chi connectivity index (χ1v) is 32.5. The van der Waals surface area contributed by atoms with E-state index in [1.807, 2.05) is 62.4 Å². The number of aliphatic carboxylic acids is 1. The van der Waals surface area contributed by atoms with Crippen molar-refractivity contribution in [3.8, 4) is 5.75 Å². The number of alkyl carbamates (subject to hydrolysis) is 1. The number of nitrogens with one attached hydrogen (secondary N) is 8. The average molecular weight is 1370 g/mol. The molecular formula is C71H91N13O15. The fraction of sp³-hybridized carbons (Fsp3) is 0.394. The molecule has 7 rings (SSSR count). The van der Waals surface area contributed by atoms with Crippen LogP contribution in [-0.4, -0.2) is 184 Å². The number of aromatic nitrogens is 1. The van der Waals surface area contributed by atoms with Crippen LogP contribution in [0.5, 0.6) is 5.75 Å². The number of benzene rings is 5. The molecule has 530 valence electrons. The van der Waals surface area contributed by atoms with E-state index in [0.29, 0.717) is 40.5 Å². The number of H-pyrrole nitrogens is 1. The lowest BCUT2D eigenvalue weighted by Crippen LogP contribution is -2.61. The molecule has 8 atom stereocenters. The number of likely N-dealkylation sites (N-methyl/N-ethyl adjacent to an activating group) is 1. The zero-order valence-corrected chi connectivity index (χ0v) is 56.2. The third-order valence-electron chi connectivity index (χ3n) is 15.9. The molecule has 9 amide bonds. The van der Waals surface area contributed by atoms with Crippen LogP contribution < -0.4 is 48.7 Å². The van der Waals surface area contributed by atoms with Crippen molar-refractivity contribution in [3.05, 3.63) is 174 Å². The third kappa shape index (κ3) is 25.6. The standard InChI is InChI=1S/C69H87N13O13.C2H4O2/c1-43(2)34-53(60(85)74-52(26-16-32-72-68(70)71)66(91)82-33-17-27-59(82)67(92)81(3)4)75-61(86)54(35-44-18-8-5-9-19-44)76-62(87)55(36-45-28-30-49(84)31-29-45)77-64(89)57(39-83)79-63(88)56(37-48-38-73-51-25-15-14-24-50(48)51)78-65(90)58(42-94-40-46-20-10-6-11-21-46)80-69(93)95-41-47-22-12-7-13-23-47;1-2(3)4/h5-15,18-25,28-31,38,43,52-59,73,83-84H,16-17,26-27,32-37,39-42H2,1-4H3,(H,74,85)(H,75,86)(H,76,87)(H,77,89)(H,78,90)(H,79,88)(H,80,93)(H4,70,71,72);1H3,(H,3,4)/t52-,53-,54+,55-,56-,57-,58-,59-;/m0./s1. The van der Waals surface area contributed by atoms with Gasteiger partial charge in [-0.3, -0.25) is 48.1 Å². The number of hydrogen-bond donors (Lipinski definition) is 13. The fourth-order valence-corrected chi connectivity index (χ4v) is 10.9. The Labute approximate surface area is 574 Å². The van der Waals surface area contributed by atoms with E-state index in [1.165, 1.54) is 34.1 Å². The van der Waals surface area contributed by atoms with E-state index in [1.54, 1.807) is 87.0 Å². The molecule has 99 heavy (non-hydrogen) atoms. The monoisotopic (exact) mass is 1370 g/mol. The number of carbonyl (C=O) groups is 10. The lowest BCUT2D eigenvalue weighted by atomic mass is 9.99. The molecule has 1 aliphatic rings. The minimum absolute atomic E-state index is 0.0567. The molecule has 1 fully saturated rings. The van der Waals surface area contributed by atoms with Crippen LogP contribution in [0.15, 0.2) is 151 Å². The highest BCUT2D eigenvalue weighted by molar-refractivity contribution is 5.99. The van der Waals surface area contributed by atoms with E-state index in [0.717, 1.165) is 18.0 Å². The van der Waals surface area contributed by atoms with Crippen LogP contribution in [0.2, 0.25) is 0 Å². The summed E-state index contributed by atoms with van der Waals surface area (Å²) in [7, 11) is 3.19. The number of phenols is 1. The van der Waals surface area contributed by atoms with Crippen molar-refractivity contribution in [1.82, 2.24) is 52.0 Å². The Morgan fingerprint density at radius 2 is 1.08 bits per heavy atom. The Kier molecular flexibility index (Phi) is 30.7. The molecule has 1 aliphatic heterocycles. The number of likely N-dealkylation sites (tertiary alicyclic amines) is 1. The van der Waals surface area contributed by atoms with Gasteiger partial charge in [-0.25, -0.2) is 4.79 Å². The molecule has 0 aliphatic carbocycles. The minimum Gasteiger partial charge on any atom is -0.508 e. The number of carbonyl (C=O) groups excluding carboxylic acids is 9. The molecule has 28 nitrogen and oxygen atoms in total. The highest BCUT2D eigenvalue weighted by Crippen LogP contribution is 2.23. The van der Waals surface area contributed by atoms with Gasteiger partial charge in [-0.15, -0.1) is 0 Å². The summed E-state index contributed by atoms with van der Waals surface area (Å²) in [6.07, 6.45) is 1.55. The molecule has 1 aromatic heterocycles. The van der Waals surface area contributed by atoms with Gasteiger partial charge < -0.3 is 88.3 Å². The fourth-order valence-electron chi connectivity index (χ4n) is 10.9. The first-order valence-electron chi connectivity index (χ1n) is 32.5. The largest absolute Gasteiger partial charge is 0.508 e. The van der Waals surface area contributed by atoms with Crippen LogP contribution >= 0.6 is 0 Å². The van der Waals surface area contributed by atoms with E-state index in [2.05, 4.69) is 47.2 Å². The maximum Gasteiger partial charge on any atom is 0.408 e. The van der Waals surface area contributed by atoms with Gasteiger partial charge in [-0.05, 0) is 84.0 Å². The number of para-hydroxylation sites is 1. The number of guanidine groups is 1. The number of fused-ring (bicyclic) bond motifs is 1. The van der Waals surface area contributed by atoms with Gasteiger partial charge in [0.2, 0.25) is 47.3 Å². The van der Waals surface area contributed by atoms with E-state index in [9.17, 15) is 53.4 Å². The summed E-state index contributed by atoms with van der Waals surface area (Å²) in [6, 6.07) is 28.8. The van der Waals surface area contributed by atoms with Crippen LogP contribution in [0.25, 0.3) is 10.9 Å². The molecular weight excluding hydrogens is 1270 g/mol. The number of phenolic OH excluding ortho intramolecular Hbond substituents is 1. The second-order valence-corrected chi connectivity index (χ2v) is 24.5. The van der Waals surface area contributed by atoms with Gasteiger partial charge in [0, 0.05) is 70.5 Å². The van der Waals surface area contributed by atoms with E-state index >= 15 is 0 Å². The smallest absolute Gasteiger partial charge is 0.408 e. The van der Waals surface area contributed by atoms with Crippen LogP contribution in [0.3, 0.4) is 0 Å². The second kappa shape index (κ2) is 39.4. The Morgan fingerprint density at radius 1 is 0.606 bits per heavy atom. The number of ether oxygens (including phenoxy) is 2. The molecule has 0 unspecified atom stereocenters. The maximum absolute atomic E-state index is 15.0. The highest BCUT2D eigenvalue weighted by atomic mass is 16.5. The van der Waals surface area contributed by atoms with E-state index < -0.39 is 108 Å². The third-order valence-corrected chi connectivity index (χ3v) is 15.9. The SMILES string of the molecule is CC(=O)O.CC(C)C[C@H](NC(=O)[C@@H](Cc1ccccc1)NC(=O)[C@H](Cc1ccc(O)cc1)NC(=O)[C@H](CO)NC(=O)[C@H](Cc1c[nH]c2ccccc12)NC(=O)[C@H](COCc1ccccc1)NC(=O)OCc1ccccc1)C(=O)N[C@@H](CCCN=C(N)N)C(=O)N1CCC[C@H]1C(=O)N(C)C. The molecule has 0 bridgehead atoms. The molecule has 28 heteroatoms. The number of nitrogens with two attached hydrogens (primary N) is 2. The van der Waals surface area contributed by atoms with Crippen LogP contribution in [0.1, 0.15) is 80.7 Å². The van der Waals surface area contributed by atoms with Crippen molar-refractivity contribution >= 4 is 76.2 Å². The van der Waals surface area contributed by atoms with Crippen LogP contribution in [-0.2, 0) is 85.1 Å². The zero-order chi connectivity index (χ0) is 72.0. The summed E-state index contributed by atoms with van der Waals surface area (Å²) in [5.74, 6) is -7.36. The summed E-state index contributed by atoms with van der Waals surface area (Å²) in [5.41, 5.74) is 14.9. The van der Waals surface area contributed by atoms with Crippen LogP contribution in [0.4, 0.5) is 4.79 Å². The molecule has 0 radical (unpaired) electrons. The van der Waals surface area contributed by atoms with Crippen molar-refractivity contribution in [3.63, 3.8) is 0 Å². The van der Waals surface area contributed by atoms with Crippen molar-refractivity contribution in [1.29, 1.82) is 0 Å². The summed E-state index contributed by atoms with van der Waals surface area (Å²) < 4.78 is 11.4. The van der Waals surface area contributed by atoms with Gasteiger partial charge in [0.25, 0.3) is 5.97 Å². The van der Waals surface area contributed by atoms with E-state index in [-0.39, 0.29) is 95.0 Å². The Morgan fingerprint density at radius 3 is 1.64 bits per heavy atom. The predicted octanol–water partition coefficient (Wildman–Crippen LogP) is 2.58. The highest BCUT2D eigenvalue weighted by Gasteiger charge is 2.40. The minimum atomic E-state index is -1.78. The van der Waals surface area contributed by atoms with Gasteiger partial charge >= 0.3 is 6.09 Å². The summed E-state index contributed by atoms with van der Waals surface area (Å²) in [5, 5.41) is 48.2. The number of aliphatic hydroxyl groups excluding tert-OH is 1. The first kappa shape index (κ1) is 77.1.